The molecule has 0 aliphatic heterocycles. The summed E-state index contributed by atoms with van der Waals surface area (Å²) < 4.78 is 11.5. The Morgan fingerprint density at radius 2 is 1.59 bits per heavy atom. The molecule has 3 aromatic carbocycles. The normalized spacial score (nSPS) is 10.9. The van der Waals surface area contributed by atoms with Gasteiger partial charge in [-0.3, -0.25) is 10.1 Å². The number of amides is 1. The molecule has 7 heteroatoms. The number of carbonyl (C=O) groups excluding carboxylic acids is 1. The molecule has 0 saturated carbocycles. The molecule has 0 fully saturated rings. The van der Waals surface area contributed by atoms with Gasteiger partial charge in [-0.1, -0.05) is 29.5 Å². The number of hydrogen-bond donors (Lipinski definition) is 1. The van der Waals surface area contributed by atoms with E-state index in [4.69, 9.17) is 14.5 Å². The third-order valence-corrected chi connectivity index (χ3v) is 6.10. The van der Waals surface area contributed by atoms with Crippen LogP contribution in [0, 0.1) is 0 Å². The Labute approximate surface area is 188 Å². The first-order valence-corrected chi connectivity index (χ1v) is 10.8. The quantitative estimate of drug-likeness (QED) is 0.374. The third-order valence-electron chi connectivity index (χ3n) is 5.16. The van der Waals surface area contributed by atoms with E-state index in [0.29, 0.717) is 16.4 Å². The van der Waals surface area contributed by atoms with Gasteiger partial charge in [0.25, 0.3) is 5.91 Å². The SMILES string of the molecule is COc1ccc(-c2cc(C(=O)Nc3nc4ccc(OC)cc4s3)c3ccccc3n2)cc1. The van der Waals surface area contributed by atoms with Crippen LogP contribution in [0.15, 0.2) is 72.8 Å². The highest BCUT2D eigenvalue weighted by atomic mass is 32.1. The van der Waals surface area contributed by atoms with Crippen LogP contribution < -0.4 is 14.8 Å². The lowest BCUT2D eigenvalue weighted by Gasteiger charge is -2.10. The third kappa shape index (κ3) is 3.74. The molecule has 0 radical (unpaired) electrons. The maximum absolute atomic E-state index is 13.3. The van der Waals surface area contributed by atoms with Gasteiger partial charge in [-0.25, -0.2) is 9.97 Å². The van der Waals surface area contributed by atoms with Crippen molar-refractivity contribution in [2.45, 2.75) is 0 Å². The van der Waals surface area contributed by atoms with Crippen LogP contribution in [0.1, 0.15) is 10.4 Å². The number of carbonyl (C=O) groups is 1. The first kappa shape index (κ1) is 20.0. The first-order valence-electron chi connectivity index (χ1n) is 9.95. The summed E-state index contributed by atoms with van der Waals surface area (Å²) >= 11 is 1.41. The summed E-state index contributed by atoms with van der Waals surface area (Å²) in [6.45, 7) is 0. The maximum atomic E-state index is 13.3. The van der Waals surface area contributed by atoms with Crippen molar-refractivity contribution in [2.24, 2.45) is 0 Å². The van der Waals surface area contributed by atoms with Crippen LogP contribution in [0.4, 0.5) is 5.13 Å². The Morgan fingerprint density at radius 1 is 0.844 bits per heavy atom. The Morgan fingerprint density at radius 3 is 2.38 bits per heavy atom. The highest BCUT2D eigenvalue weighted by Crippen LogP contribution is 2.31. The summed E-state index contributed by atoms with van der Waals surface area (Å²) in [4.78, 5) is 22.6. The molecular formula is C25H19N3O3S. The number of nitrogens with one attached hydrogen (secondary N) is 1. The molecule has 5 aromatic rings. The van der Waals surface area contributed by atoms with Crippen LogP contribution >= 0.6 is 11.3 Å². The van der Waals surface area contributed by atoms with Crippen molar-refractivity contribution in [3.8, 4) is 22.8 Å². The number of aromatic nitrogens is 2. The second kappa shape index (κ2) is 8.28. The van der Waals surface area contributed by atoms with Crippen molar-refractivity contribution in [1.82, 2.24) is 9.97 Å². The monoisotopic (exact) mass is 441 g/mol. The Balaban J connectivity index is 1.54. The minimum atomic E-state index is -0.232. The molecule has 1 amide bonds. The molecule has 158 valence electrons. The van der Waals surface area contributed by atoms with E-state index in [2.05, 4.69) is 10.3 Å². The number of rotatable bonds is 5. The highest BCUT2D eigenvalue weighted by molar-refractivity contribution is 7.22. The minimum Gasteiger partial charge on any atom is -0.497 e. The number of pyridine rings is 1. The highest BCUT2D eigenvalue weighted by Gasteiger charge is 2.16. The fourth-order valence-electron chi connectivity index (χ4n) is 3.52. The molecule has 2 aromatic heterocycles. The van der Waals surface area contributed by atoms with Gasteiger partial charge < -0.3 is 9.47 Å². The second-order valence-corrected chi connectivity index (χ2v) is 8.14. The van der Waals surface area contributed by atoms with E-state index in [0.717, 1.165) is 38.2 Å². The Bertz CT molecular complexity index is 1440. The minimum absolute atomic E-state index is 0.232. The van der Waals surface area contributed by atoms with E-state index in [1.807, 2.05) is 72.8 Å². The molecule has 0 atom stereocenters. The second-order valence-electron chi connectivity index (χ2n) is 7.11. The molecule has 0 aliphatic carbocycles. The van der Waals surface area contributed by atoms with Gasteiger partial charge in [0.2, 0.25) is 0 Å². The lowest BCUT2D eigenvalue weighted by Crippen LogP contribution is -2.13. The number of ether oxygens (including phenoxy) is 2. The van der Waals surface area contributed by atoms with Crippen LogP contribution in [0.25, 0.3) is 32.4 Å². The molecule has 0 saturated heterocycles. The van der Waals surface area contributed by atoms with Crippen molar-refractivity contribution >= 4 is 43.5 Å². The lowest BCUT2D eigenvalue weighted by atomic mass is 10.0. The molecule has 0 aliphatic rings. The number of benzene rings is 3. The molecule has 2 heterocycles. The molecule has 0 spiro atoms. The van der Waals surface area contributed by atoms with Gasteiger partial charge in [0.15, 0.2) is 5.13 Å². The number of para-hydroxylation sites is 1. The molecule has 0 bridgehead atoms. The summed E-state index contributed by atoms with van der Waals surface area (Å²) in [7, 11) is 3.25. The van der Waals surface area contributed by atoms with Crippen molar-refractivity contribution < 1.29 is 14.3 Å². The van der Waals surface area contributed by atoms with Gasteiger partial charge in [-0.15, -0.1) is 0 Å². The number of hydrogen-bond acceptors (Lipinski definition) is 6. The van der Waals surface area contributed by atoms with Gasteiger partial charge in [-0.05, 0) is 54.6 Å². The van der Waals surface area contributed by atoms with Gasteiger partial charge in [0, 0.05) is 10.9 Å². The number of anilines is 1. The average molecular weight is 442 g/mol. The van der Waals surface area contributed by atoms with Gasteiger partial charge in [0.05, 0.1) is 41.2 Å². The van der Waals surface area contributed by atoms with E-state index in [9.17, 15) is 4.79 Å². The summed E-state index contributed by atoms with van der Waals surface area (Å²) in [5, 5.41) is 4.27. The zero-order valence-corrected chi connectivity index (χ0v) is 18.3. The van der Waals surface area contributed by atoms with Crippen molar-refractivity contribution in [1.29, 1.82) is 0 Å². The van der Waals surface area contributed by atoms with E-state index in [-0.39, 0.29) is 5.91 Å². The summed E-state index contributed by atoms with van der Waals surface area (Å²) in [5.41, 5.74) is 3.71. The Kier molecular flexibility index (Phi) is 5.17. The van der Waals surface area contributed by atoms with Crippen LogP contribution in [-0.2, 0) is 0 Å². The fraction of sp³-hybridized carbons (Fsp3) is 0.0800. The maximum Gasteiger partial charge on any atom is 0.258 e. The van der Waals surface area contributed by atoms with E-state index in [1.165, 1.54) is 11.3 Å². The fourth-order valence-corrected chi connectivity index (χ4v) is 4.41. The van der Waals surface area contributed by atoms with E-state index < -0.39 is 0 Å². The van der Waals surface area contributed by atoms with Crippen LogP contribution in [0.5, 0.6) is 11.5 Å². The number of nitrogens with zero attached hydrogens (tertiary/aromatic N) is 2. The predicted molar refractivity (Wildman–Crippen MR) is 128 cm³/mol. The molecule has 0 unspecified atom stereocenters. The summed E-state index contributed by atoms with van der Waals surface area (Å²) in [5.74, 6) is 1.28. The largest absolute Gasteiger partial charge is 0.497 e. The molecule has 32 heavy (non-hydrogen) atoms. The van der Waals surface area contributed by atoms with Crippen LogP contribution in [0.2, 0.25) is 0 Å². The van der Waals surface area contributed by atoms with Gasteiger partial charge >= 0.3 is 0 Å². The standard InChI is InChI=1S/C25H19N3O3S/c1-30-16-9-7-15(8-10-16)22-14-19(18-5-3-4-6-20(18)26-22)24(29)28-25-27-21-12-11-17(31-2)13-23(21)32-25/h3-14H,1-2H3,(H,27,28,29). The number of methoxy groups -OCH3 is 2. The van der Waals surface area contributed by atoms with Crippen molar-refractivity contribution in [3.05, 3.63) is 78.4 Å². The number of thiazole rings is 1. The smallest absolute Gasteiger partial charge is 0.258 e. The lowest BCUT2D eigenvalue weighted by molar-refractivity contribution is 0.102. The van der Waals surface area contributed by atoms with Gasteiger partial charge in [0.1, 0.15) is 11.5 Å². The molecule has 5 rings (SSSR count). The van der Waals surface area contributed by atoms with Crippen molar-refractivity contribution in [3.63, 3.8) is 0 Å². The zero-order chi connectivity index (χ0) is 22.1. The molecule has 1 N–H and O–H groups in total. The zero-order valence-electron chi connectivity index (χ0n) is 17.5. The van der Waals surface area contributed by atoms with Crippen LogP contribution in [-0.4, -0.2) is 30.1 Å². The molecule has 6 nitrogen and oxygen atoms in total. The Hall–Kier alpha value is -3.97. The van der Waals surface area contributed by atoms with Gasteiger partial charge in [-0.2, -0.15) is 0 Å². The van der Waals surface area contributed by atoms with Crippen LogP contribution in [0.3, 0.4) is 0 Å². The van der Waals surface area contributed by atoms with E-state index in [1.54, 1.807) is 14.2 Å². The van der Waals surface area contributed by atoms with E-state index >= 15 is 0 Å². The first-order chi connectivity index (χ1) is 15.6. The predicted octanol–water partition coefficient (Wildman–Crippen LogP) is 5.78. The summed E-state index contributed by atoms with van der Waals surface area (Å²) in [6, 6.07) is 22.7. The number of fused-ring (bicyclic) bond motifs is 2. The van der Waals surface area contributed by atoms with Crippen molar-refractivity contribution in [2.75, 3.05) is 19.5 Å². The topological polar surface area (TPSA) is 73.3 Å². The summed E-state index contributed by atoms with van der Waals surface area (Å²) in [6.07, 6.45) is 0. The average Bonchev–Trinajstić information content (AvgIpc) is 3.24. The molecular weight excluding hydrogens is 422 g/mol.